The van der Waals surface area contributed by atoms with Crippen LogP contribution in [0, 0.1) is 0 Å². The Hall–Kier alpha value is -1.72. The molecule has 1 amide bonds. The SMILES string of the molecule is CC(=O)Nc1cccc(C(=O)C(C)N2CCOCC2)c1. The normalized spacial score (nSPS) is 17.5. The van der Waals surface area contributed by atoms with Crippen molar-refractivity contribution in [1.29, 1.82) is 0 Å². The molecule has 1 aromatic rings. The van der Waals surface area contributed by atoms with Crippen LogP contribution in [0.4, 0.5) is 5.69 Å². The Morgan fingerprint density at radius 2 is 2.00 bits per heavy atom. The van der Waals surface area contributed by atoms with Crippen LogP contribution in [0.25, 0.3) is 0 Å². The number of Topliss-reactive ketones (excluding diaryl/α,β-unsaturated/α-hetero) is 1. The number of amides is 1. The number of carbonyl (C=O) groups is 2. The number of carbonyl (C=O) groups excluding carboxylic acids is 2. The summed E-state index contributed by atoms with van der Waals surface area (Å²) in [6, 6.07) is 6.89. The van der Waals surface area contributed by atoms with E-state index in [2.05, 4.69) is 10.2 Å². The number of ether oxygens (including phenoxy) is 1. The lowest BCUT2D eigenvalue weighted by molar-refractivity contribution is -0.114. The van der Waals surface area contributed by atoms with E-state index in [4.69, 9.17) is 4.74 Å². The summed E-state index contributed by atoms with van der Waals surface area (Å²) in [6.45, 7) is 6.26. The zero-order valence-electron chi connectivity index (χ0n) is 11.9. The molecule has 1 aliphatic heterocycles. The molecule has 0 aliphatic carbocycles. The smallest absolute Gasteiger partial charge is 0.221 e. The highest BCUT2D eigenvalue weighted by molar-refractivity contribution is 6.01. The van der Waals surface area contributed by atoms with E-state index >= 15 is 0 Å². The summed E-state index contributed by atoms with van der Waals surface area (Å²) in [5, 5.41) is 2.69. The molecule has 0 aromatic heterocycles. The zero-order chi connectivity index (χ0) is 14.5. The number of morpholine rings is 1. The summed E-state index contributed by atoms with van der Waals surface area (Å²) in [5.41, 5.74) is 1.27. The third-order valence-corrected chi connectivity index (χ3v) is 3.44. The van der Waals surface area contributed by atoms with E-state index in [0.29, 0.717) is 24.5 Å². The van der Waals surface area contributed by atoms with Crippen molar-refractivity contribution in [3.63, 3.8) is 0 Å². The molecule has 1 N–H and O–H groups in total. The van der Waals surface area contributed by atoms with E-state index in [9.17, 15) is 9.59 Å². The molecule has 1 saturated heterocycles. The second-order valence-corrected chi connectivity index (χ2v) is 4.95. The highest BCUT2D eigenvalue weighted by Crippen LogP contribution is 2.15. The second-order valence-electron chi connectivity index (χ2n) is 4.95. The van der Waals surface area contributed by atoms with Crippen molar-refractivity contribution in [2.45, 2.75) is 19.9 Å². The topological polar surface area (TPSA) is 58.6 Å². The summed E-state index contributed by atoms with van der Waals surface area (Å²) in [4.78, 5) is 25.7. The second kappa shape index (κ2) is 6.63. The fourth-order valence-corrected chi connectivity index (χ4v) is 2.33. The molecule has 1 aromatic carbocycles. The molecule has 1 fully saturated rings. The molecule has 0 spiro atoms. The Labute approximate surface area is 118 Å². The van der Waals surface area contributed by atoms with Gasteiger partial charge in [-0.2, -0.15) is 0 Å². The van der Waals surface area contributed by atoms with E-state index in [1.165, 1.54) is 6.92 Å². The number of nitrogens with zero attached hydrogens (tertiary/aromatic N) is 1. The predicted molar refractivity (Wildman–Crippen MR) is 76.9 cm³/mol. The van der Waals surface area contributed by atoms with E-state index in [-0.39, 0.29) is 17.7 Å². The molecule has 5 heteroatoms. The van der Waals surface area contributed by atoms with Crippen LogP contribution < -0.4 is 5.32 Å². The molecule has 108 valence electrons. The minimum absolute atomic E-state index is 0.0686. The van der Waals surface area contributed by atoms with Crippen molar-refractivity contribution >= 4 is 17.4 Å². The Bertz CT molecular complexity index is 496. The molecule has 1 aliphatic rings. The highest BCUT2D eigenvalue weighted by atomic mass is 16.5. The van der Waals surface area contributed by atoms with Crippen LogP contribution in [-0.4, -0.2) is 48.9 Å². The number of hydrogen-bond donors (Lipinski definition) is 1. The average Bonchev–Trinajstić information content (AvgIpc) is 2.46. The molecule has 1 unspecified atom stereocenters. The van der Waals surface area contributed by atoms with E-state index in [1.54, 1.807) is 24.3 Å². The Morgan fingerprint density at radius 3 is 2.65 bits per heavy atom. The van der Waals surface area contributed by atoms with Gasteiger partial charge in [-0.3, -0.25) is 14.5 Å². The first-order chi connectivity index (χ1) is 9.58. The third-order valence-electron chi connectivity index (χ3n) is 3.44. The van der Waals surface area contributed by atoms with Gasteiger partial charge in [-0.25, -0.2) is 0 Å². The summed E-state index contributed by atoms with van der Waals surface area (Å²) < 4.78 is 5.30. The van der Waals surface area contributed by atoms with Gasteiger partial charge in [-0.1, -0.05) is 12.1 Å². The maximum absolute atomic E-state index is 12.5. The first kappa shape index (κ1) is 14.7. The average molecular weight is 276 g/mol. The molecule has 1 atom stereocenters. The van der Waals surface area contributed by atoms with Gasteiger partial charge in [-0.05, 0) is 19.1 Å². The van der Waals surface area contributed by atoms with E-state index in [1.807, 2.05) is 6.92 Å². The molecular formula is C15H20N2O3. The van der Waals surface area contributed by atoms with Crippen LogP contribution in [-0.2, 0) is 9.53 Å². The summed E-state index contributed by atoms with van der Waals surface area (Å²) >= 11 is 0. The number of hydrogen-bond acceptors (Lipinski definition) is 4. The molecular weight excluding hydrogens is 256 g/mol. The maximum Gasteiger partial charge on any atom is 0.221 e. The standard InChI is InChI=1S/C15H20N2O3/c1-11(17-6-8-20-9-7-17)15(19)13-4-3-5-14(10-13)16-12(2)18/h3-5,10-11H,6-9H2,1-2H3,(H,16,18). The molecule has 20 heavy (non-hydrogen) atoms. The van der Waals surface area contributed by atoms with Gasteiger partial charge in [0, 0.05) is 31.3 Å². The van der Waals surface area contributed by atoms with Gasteiger partial charge in [0.25, 0.3) is 0 Å². The largest absolute Gasteiger partial charge is 0.379 e. The van der Waals surface area contributed by atoms with Gasteiger partial charge < -0.3 is 10.1 Å². The number of nitrogens with one attached hydrogen (secondary N) is 1. The van der Waals surface area contributed by atoms with E-state index < -0.39 is 0 Å². The Kier molecular flexibility index (Phi) is 4.87. The molecule has 1 heterocycles. The molecule has 0 bridgehead atoms. The molecule has 0 radical (unpaired) electrons. The molecule has 2 rings (SSSR count). The monoisotopic (exact) mass is 276 g/mol. The molecule has 5 nitrogen and oxygen atoms in total. The lowest BCUT2D eigenvalue weighted by atomic mass is 10.0. The maximum atomic E-state index is 12.5. The van der Waals surface area contributed by atoms with Crippen molar-refractivity contribution in [2.24, 2.45) is 0 Å². The van der Waals surface area contributed by atoms with Crippen molar-refractivity contribution in [2.75, 3.05) is 31.6 Å². The zero-order valence-corrected chi connectivity index (χ0v) is 11.9. The Morgan fingerprint density at radius 1 is 1.30 bits per heavy atom. The first-order valence-corrected chi connectivity index (χ1v) is 6.81. The van der Waals surface area contributed by atoms with Crippen molar-refractivity contribution < 1.29 is 14.3 Å². The third kappa shape index (κ3) is 3.65. The Balaban J connectivity index is 2.09. The van der Waals surface area contributed by atoms with Crippen molar-refractivity contribution in [1.82, 2.24) is 4.90 Å². The number of ketones is 1. The number of rotatable bonds is 4. The fourth-order valence-electron chi connectivity index (χ4n) is 2.33. The predicted octanol–water partition coefficient (Wildman–Crippen LogP) is 1.55. The van der Waals surface area contributed by atoms with Crippen LogP contribution in [0.3, 0.4) is 0 Å². The summed E-state index contributed by atoms with van der Waals surface area (Å²) in [6.07, 6.45) is 0. The fraction of sp³-hybridized carbons (Fsp3) is 0.467. The van der Waals surface area contributed by atoms with Gasteiger partial charge >= 0.3 is 0 Å². The van der Waals surface area contributed by atoms with Crippen LogP contribution in [0.2, 0.25) is 0 Å². The minimum atomic E-state index is -0.175. The lowest BCUT2D eigenvalue weighted by Gasteiger charge is -2.31. The van der Waals surface area contributed by atoms with E-state index in [0.717, 1.165) is 13.1 Å². The number of benzene rings is 1. The summed E-state index contributed by atoms with van der Waals surface area (Å²) in [5.74, 6) is -0.0741. The van der Waals surface area contributed by atoms with Gasteiger partial charge in [0.05, 0.1) is 19.3 Å². The lowest BCUT2D eigenvalue weighted by Crippen LogP contribution is -2.45. The van der Waals surface area contributed by atoms with Crippen LogP contribution in [0.5, 0.6) is 0 Å². The van der Waals surface area contributed by atoms with Crippen molar-refractivity contribution in [3.8, 4) is 0 Å². The van der Waals surface area contributed by atoms with Gasteiger partial charge in [-0.15, -0.1) is 0 Å². The number of anilines is 1. The highest BCUT2D eigenvalue weighted by Gasteiger charge is 2.24. The van der Waals surface area contributed by atoms with Crippen molar-refractivity contribution in [3.05, 3.63) is 29.8 Å². The van der Waals surface area contributed by atoms with Crippen LogP contribution in [0.1, 0.15) is 24.2 Å². The first-order valence-electron chi connectivity index (χ1n) is 6.81. The van der Waals surface area contributed by atoms with Gasteiger partial charge in [0.15, 0.2) is 5.78 Å². The van der Waals surface area contributed by atoms with Gasteiger partial charge in [0.2, 0.25) is 5.91 Å². The molecule has 0 saturated carbocycles. The van der Waals surface area contributed by atoms with Crippen LogP contribution >= 0.6 is 0 Å². The quantitative estimate of drug-likeness (QED) is 0.848. The van der Waals surface area contributed by atoms with Crippen LogP contribution in [0.15, 0.2) is 24.3 Å². The minimum Gasteiger partial charge on any atom is -0.379 e. The summed E-state index contributed by atoms with van der Waals surface area (Å²) in [7, 11) is 0. The van der Waals surface area contributed by atoms with Gasteiger partial charge in [0.1, 0.15) is 0 Å².